The largest absolute Gasteiger partial charge is 0.343 e. The van der Waals surface area contributed by atoms with Gasteiger partial charge in [0.1, 0.15) is 0 Å². The molecule has 2 rings (SSSR count). The van der Waals surface area contributed by atoms with E-state index in [1.807, 2.05) is 12.3 Å². The van der Waals surface area contributed by atoms with Crippen molar-refractivity contribution in [1.82, 2.24) is 10.3 Å². The molecule has 1 unspecified atom stereocenters. The van der Waals surface area contributed by atoms with E-state index in [-0.39, 0.29) is 17.5 Å². The molecule has 1 aromatic heterocycles. The predicted molar refractivity (Wildman–Crippen MR) is 79.6 cm³/mol. The van der Waals surface area contributed by atoms with Crippen molar-refractivity contribution >= 4 is 26.3 Å². The van der Waals surface area contributed by atoms with Crippen molar-refractivity contribution in [3.8, 4) is 0 Å². The molecule has 0 aromatic carbocycles. The summed E-state index contributed by atoms with van der Waals surface area (Å²) in [4.78, 5) is 6.70. The van der Waals surface area contributed by atoms with Crippen LogP contribution in [0, 0.1) is 0 Å². The molecule has 1 fully saturated rings. The Kier molecular flexibility index (Phi) is 4.81. The highest BCUT2D eigenvalue weighted by atomic mass is 32.2. The van der Waals surface area contributed by atoms with E-state index in [1.54, 1.807) is 11.3 Å². The first-order valence-electron chi connectivity index (χ1n) is 6.64. The number of aromatic nitrogens is 1. The van der Waals surface area contributed by atoms with Crippen LogP contribution >= 0.6 is 11.3 Å². The molecular weight excluding hydrogens is 282 g/mol. The van der Waals surface area contributed by atoms with Gasteiger partial charge in [0.15, 0.2) is 15.0 Å². The zero-order valence-corrected chi connectivity index (χ0v) is 13.1. The van der Waals surface area contributed by atoms with Crippen molar-refractivity contribution in [3.63, 3.8) is 0 Å². The second kappa shape index (κ2) is 6.19. The van der Waals surface area contributed by atoms with E-state index in [0.717, 1.165) is 30.3 Å². The van der Waals surface area contributed by atoms with Crippen molar-refractivity contribution < 1.29 is 8.42 Å². The molecule has 19 heavy (non-hydrogen) atoms. The van der Waals surface area contributed by atoms with Crippen LogP contribution in [0.2, 0.25) is 0 Å². The number of hydrogen-bond donors (Lipinski definition) is 1. The molecule has 0 aliphatic carbocycles. The topological polar surface area (TPSA) is 62.3 Å². The minimum absolute atomic E-state index is 0.0151. The van der Waals surface area contributed by atoms with Gasteiger partial charge in [0.05, 0.1) is 17.2 Å². The fraction of sp³-hybridized carbons (Fsp3) is 0.750. The van der Waals surface area contributed by atoms with Crippen molar-refractivity contribution in [2.45, 2.75) is 32.9 Å². The van der Waals surface area contributed by atoms with E-state index >= 15 is 0 Å². The predicted octanol–water partition coefficient (Wildman–Crippen LogP) is 1.27. The van der Waals surface area contributed by atoms with Gasteiger partial charge in [-0.3, -0.25) is 0 Å². The summed E-state index contributed by atoms with van der Waals surface area (Å²) in [6.45, 7) is 6.41. The summed E-state index contributed by atoms with van der Waals surface area (Å²) in [6, 6.07) is 0.0151. The van der Waals surface area contributed by atoms with Crippen LogP contribution in [0.1, 0.15) is 26.0 Å². The third kappa shape index (κ3) is 3.90. The molecule has 1 N–H and O–H groups in total. The van der Waals surface area contributed by atoms with Gasteiger partial charge in [0.25, 0.3) is 0 Å². The van der Waals surface area contributed by atoms with Gasteiger partial charge in [-0.1, -0.05) is 6.92 Å². The van der Waals surface area contributed by atoms with E-state index in [1.165, 1.54) is 0 Å². The van der Waals surface area contributed by atoms with Gasteiger partial charge in [-0.25, -0.2) is 13.4 Å². The minimum Gasteiger partial charge on any atom is -0.343 e. The number of thiazole rings is 1. The maximum atomic E-state index is 11.6. The fourth-order valence-corrected chi connectivity index (χ4v) is 4.70. The van der Waals surface area contributed by atoms with Gasteiger partial charge in [-0.05, 0) is 19.9 Å². The highest BCUT2D eigenvalue weighted by molar-refractivity contribution is 7.91. The summed E-state index contributed by atoms with van der Waals surface area (Å²) in [5.74, 6) is 0.469. The molecule has 0 saturated carbocycles. The Hall–Kier alpha value is -0.660. The number of anilines is 1. The van der Waals surface area contributed by atoms with Crippen LogP contribution in [0.4, 0.5) is 5.13 Å². The first-order chi connectivity index (χ1) is 9.02. The van der Waals surface area contributed by atoms with E-state index in [0.29, 0.717) is 6.54 Å². The molecule has 0 radical (unpaired) electrons. The molecule has 1 saturated heterocycles. The Bertz CT molecular complexity index is 513. The van der Waals surface area contributed by atoms with E-state index in [4.69, 9.17) is 0 Å². The Balaban J connectivity index is 1.98. The molecule has 0 bridgehead atoms. The van der Waals surface area contributed by atoms with E-state index in [2.05, 4.69) is 22.1 Å². The zero-order chi connectivity index (χ0) is 13.9. The van der Waals surface area contributed by atoms with Crippen LogP contribution < -0.4 is 10.2 Å². The number of nitrogens with zero attached hydrogens (tertiary/aromatic N) is 2. The molecule has 0 amide bonds. The number of nitrogens with one attached hydrogen (secondary N) is 1. The zero-order valence-electron chi connectivity index (χ0n) is 11.4. The highest BCUT2D eigenvalue weighted by Crippen LogP contribution is 2.25. The third-order valence-electron chi connectivity index (χ3n) is 3.19. The Morgan fingerprint density at radius 1 is 1.58 bits per heavy atom. The summed E-state index contributed by atoms with van der Waals surface area (Å²) in [5.41, 5.74) is 1.04. The van der Waals surface area contributed by atoms with E-state index in [9.17, 15) is 8.42 Å². The third-order valence-corrected chi connectivity index (χ3v) is 5.91. The van der Waals surface area contributed by atoms with Crippen molar-refractivity contribution in [2.24, 2.45) is 0 Å². The Labute approximate surface area is 119 Å². The summed E-state index contributed by atoms with van der Waals surface area (Å²) >= 11 is 1.60. The molecule has 1 atom stereocenters. The fourth-order valence-electron chi connectivity index (χ4n) is 2.19. The van der Waals surface area contributed by atoms with Crippen LogP contribution in [-0.2, 0) is 16.4 Å². The van der Waals surface area contributed by atoms with Gasteiger partial charge in [0.2, 0.25) is 0 Å². The molecule has 0 spiro atoms. The average Bonchev–Trinajstić information content (AvgIpc) is 2.77. The summed E-state index contributed by atoms with van der Waals surface area (Å²) in [7, 11) is -2.86. The van der Waals surface area contributed by atoms with Crippen LogP contribution in [0.3, 0.4) is 0 Å². The van der Waals surface area contributed by atoms with Crippen LogP contribution in [0.15, 0.2) is 5.38 Å². The molecule has 1 aliphatic rings. The standard InChI is InChI=1S/C12H21N3O2S2/c1-3-4-13-7-11-8-18-12(14-11)15-5-6-19(16,17)9-10(15)2/h8,10,13H,3-7,9H2,1-2H3. The Morgan fingerprint density at radius 3 is 3.05 bits per heavy atom. The first kappa shape index (κ1) is 14.7. The smallest absolute Gasteiger partial charge is 0.185 e. The van der Waals surface area contributed by atoms with Gasteiger partial charge in [0, 0.05) is 24.5 Å². The number of rotatable bonds is 5. The van der Waals surface area contributed by atoms with Gasteiger partial charge >= 0.3 is 0 Å². The first-order valence-corrected chi connectivity index (χ1v) is 9.34. The van der Waals surface area contributed by atoms with Gasteiger partial charge in [-0.2, -0.15) is 0 Å². The van der Waals surface area contributed by atoms with Crippen molar-refractivity contribution in [2.75, 3.05) is 29.5 Å². The average molecular weight is 303 g/mol. The van der Waals surface area contributed by atoms with Crippen molar-refractivity contribution in [3.05, 3.63) is 11.1 Å². The lowest BCUT2D eigenvalue weighted by molar-refractivity contribution is 0.567. The monoisotopic (exact) mass is 303 g/mol. The van der Waals surface area contributed by atoms with Crippen molar-refractivity contribution in [1.29, 1.82) is 0 Å². The SMILES string of the molecule is CCCNCc1csc(N2CCS(=O)(=O)CC2C)n1. The van der Waals surface area contributed by atoms with Gasteiger partial charge < -0.3 is 10.2 Å². The molecule has 1 aliphatic heterocycles. The second-order valence-electron chi connectivity index (χ2n) is 4.95. The maximum absolute atomic E-state index is 11.6. The minimum atomic E-state index is -2.86. The number of hydrogen-bond acceptors (Lipinski definition) is 6. The molecule has 2 heterocycles. The lowest BCUT2D eigenvalue weighted by atomic mass is 10.3. The van der Waals surface area contributed by atoms with Crippen LogP contribution in [0.25, 0.3) is 0 Å². The molecular formula is C12H21N3O2S2. The highest BCUT2D eigenvalue weighted by Gasteiger charge is 2.29. The lowest BCUT2D eigenvalue weighted by Gasteiger charge is -2.32. The summed E-state index contributed by atoms with van der Waals surface area (Å²) in [5, 5.41) is 6.31. The molecule has 5 nitrogen and oxygen atoms in total. The van der Waals surface area contributed by atoms with Crippen LogP contribution in [0.5, 0.6) is 0 Å². The van der Waals surface area contributed by atoms with Gasteiger partial charge in [-0.15, -0.1) is 11.3 Å². The van der Waals surface area contributed by atoms with E-state index < -0.39 is 9.84 Å². The number of sulfone groups is 1. The molecule has 108 valence electrons. The summed E-state index contributed by atoms with van der Waals surface area (Å²) < 4.78 is 23.1. The lowest BCUT2D eigenvalue weighted by Crippen LogP contribution is -2.47. The quantitative estimate of drug-likeness (QED) is 0.830. The summed E-state index contributed by atoms with van der Waals surface area (Å²) in [6.07, 6.45) is 1.11. The Morgan fingerprint density at radius 2 is 2.37 bits per heavy atom. The maximum Gasteiger partial charge on any atom is 0.185 e. The normalized spacial score (nSPS) is 22.6. The molecule has 7 heteroatoms. The van der Waals surface area contributed by atoms with Crippen LogP contribution in [-0.4, -0.2) is 44.0 Å². The second-order valence-corrected chi connectivity index (χ2v) is 8.02. The molecule has 1 aromatic rings.